The maximum atomic E-state index is 10.1. The van der Waals surface area contributed by atoms with Crippen LogP contribution >= 0.6 is 0 Å². The smallest absolute Gasteiger partial charge is 0.226 e. The summed E-state index contributed by atoms with van der Waals surface area (Å²) >= 11 is 0. The number of nitrogens with zero attached hydrogens (tertiary/aromatic N) is 3. The highest BCUT2D eigenvalue weighted by molar-refractivity contribution is 5.31. The zero-order valence-electron chi connectivity index (χ0n) is 13.6. The second-order valence-corrected chi connectivity index (χ2v) is 5.97. The van der Waals surface area contributed by atoms with Crippen molar-refractivity contribution >= 4 is 0 Å². The van der Waals surface area contributed by atoms with Gasteiger partial charge in [0.15, 0.2) is 5.82 Å². The minimum Gasteiger partial charge on any atom is -0.497 e. The lowest BCUT2D eigenvalue weighted by Gasteiger charge is -2.23. The van der Waals surface area contributed by atoms with Gasteiger partial charge in [-0.1, -0.05) is 24.2 Å². The van der Waals surface area contributed by atoms with Crippen LogP contribution in [0.3, 0.4) is 0 Å². The second kappa shape index (κ2) is 7.10. The standard InChI is InChI=1S/C17H23N3O3/c1-3-5-17-18-16(19-23-17)11-20-10-13(21)9-15(20)12-6-4-7-14(8-12)22-2/h4,6-8,13,15,21H,3,5,9-11H2,1-2H3/t13-,15+/m1/s1. The van der Waals surface area contributed by atoms with Crippen molar-refractivity contribution in [3.05, 3.63) is 41.5 Å². The minimum atomic E-state index is -0.340. The molecule has 0 saturated carbocycles. The lowest BCUT2D eigenvalue weighted by atomic mass is 10.0. The Balaban J connectivity index is 1.76. The Morgan fingerprint density at radius 1 is 1.43 bits per heavy atom. The number of methoxy groups -OCH3 is 1. The highest BCUT2D eigenvalue weighted by Crippen LogP contribution is 2.34. The van der Waals surface area contributed by atoms with E-state index >= 15 is 0 Å². The van der Waals surface area contributed by atoms with Gasteiger partial charge in [-0.15, -0.1) is 0 Å². The fourth-order valence-corrected chi connectivity index (χ4v) is 3.10. The van der Waals surface area contributed by atoms with E-state index in [-0.39, 0.29) is 12.1 Å². The Bertz CT molecular complexity index is 644. The predicted octanol–water partition coefficient (Wildman–Crippen LogP) is 2.34. The van der Waals surface area contributed by atoms with Gasteiger partial charge in [0.2, 0.25) is 5.89 Å². The quantitative estimate of drug-likeness (QED) is 0.882. The van der Waals surface area contributed by atoms with Crippen LogP contribution in [0.15, 0.2) is 28.8 Å². The van der Waals surface area contributed by atoms with E-state index in [9.17, 15) is 5.11 Å². The van der Waals surface area contributed by atoms with Gasteiger partial charge in [-0.2, -0.15) is 4.98 Å². The van der Waals surface area contributed by atoms with Crippen LogP contribution in [0.4, 0.5) is 0 Å². The average Bonchev–Trinajstić information content (AvgIpc) is 3.15. The van der Waals surface area contributed by atoms with E-state index in [0.717, 1.165) is 24.2 Å². The van der Waals surface area contributed by atoms with Crippen molar-refractivity contribution in [3.8, 4) is 5.75 Å². The third-order valence-electron chi connectivity index (χ3n) is 4.18. The van der Waals surface area contributed by atoms with Gasteiger partial charge in [0.25, 0.3) is 0 Å². The molecule has 2 atom stereocenters. The van der Waals surface area contributed by atoms with Crippen molar-refractivity contribution in [2.45, 2.75) is 44.9 Å². The molecule has 0 amide bonds. The Kier molecular flexibility index (Phi) is 4.93. The topological polar surface area (TPSA) is 71.6 Å². The Morgan fingerprint density at radius 2 is 2.30 bits per heavy atom. The molecule has 1 N–H and O–H groups in total. The summed E-state index contributed by atoms with van der Waals surface area (Å²) in [5, 5.41) is 14.1. The molecule has 2 heterocycles. The van der Waals surface area contributed by atoms with Crippen LogP contribution in [-0.4, -0.2) is 39.9 Å². The zero-order chi connectivity index (χ0) is 16.2. The van der Waals surface area contributed by atoms with Gasteiger partial charge in [-0.05, 0) is 30.5 Å². The van der Waals surface area contributed by atoms with Crippen molar-refractivity contribution in [2.75, 3.05) is 13.7 Å². The molecule has 1 aliphatic heterocycles. The van der Waals surface area contributed by atoms with Crippen LogP contribution in [0.1, 0.15) is 43.1 Å². The SMILES string of the molecule is CCCc1nc(CN2C[C@H](O)C[C@H]2c2cccc(OC)c2)no1. The molecule has 23 heavy (non-hydrogen) atoms. The molecular weight excluding hydrogens is 294 g/mol. The number of aromatic nitrogens is 2. The second-order valence-electron chi connectivity index (χ2n) is 5.97. The molecule has 6 heteroatoms. The maximum Gasteiger partial charge on any atom is 0.226 e. The molecule has 0 radical (unpaired) electrons. The molecule has 0 aliphatic carbocycles. The first-order chi connectivity index (χ1) is 11.2. The lowest BCUT2D eigenvalue weighted by molar-refractivity contribution is 0.170. The van der Waals surface area contributed by atoms with E-state index in [1.165, 1.54) is 0 Å². The highest BCUT2D eigenvalue weighted by atomic mass is 16.5. The molecule has 1 fully saturated rings. The molecule has 1 aromatic heterocycles. The molecule has 1 aliphatic rings. The number of rotatable bonds is 6. The first kappa shape index (κ1) is 16.0. The number of hydrogen-bond acceptors (Lipinski definition) is 6. The van der Waals surface area contributed by atoms with Crippen LogP contribution in [0.2, 0.25) is 0 Å². The highest BCUT2D eigenvalue weighted by Gasteiger charge is 2.33. The molecule has 6 nitrogen and oxygen atoms in total. The van der Waals surface area contributed by atoms with Gasteiger partial charge >= 0.3 is 0 Å². The van der Waals surface area contributed by atoms with Gasteiger partial charge in [0.05, 0.1) is 19.8 Å². The molecular formula is C17H23N3O3. The van der Waals surface area contributed by atoms with Crippen molar-refractivity contribution in [3.63, 3.8) is 0 Å². The fraction of sp³-hybridized carbons (Fsp3) is 0.529. The van der Waals surface area contributed by atoms with E-state index in [4.69, 9.17) is 9.26 Å². The number of ether oxygens (including phenoxy) is 1. The Labute approximate surface area is 136 Å². The summed E-state index contributed by atoms with van der Waals surface area (Å²) in [6.07, 6.45) is 2.14. The number of likely N-dealkylation sites (tertiary alicyclic amines) is 1. The number of hydrogen-bond donors (Lipinski definition) is 1. The molecule has 124 valence electrons. The Morgan fingerprint density at radius 3 is 3.09 bits per heavy atom. The van der Waals surface area contributed by atoms with E-state index in [1.54, 1.807) is 7.11 Å². The number of β-amino-alcohol motifs (C(OH)–C–C–N with tert-alkyl or cyclic N) is 1. The third-order valence-corrected chi connectivity index (χ3v) is 4.18. The third kappa shape index (κ3) is 3.71. The van der Waals surface area contributed by atoms with Crippen molar-refractivity contribution < 1.29 is 14.4 Å². The largest absolute Gasteiger partial charge is 0.497 e. The van der Waals surface area contributed by atoms with Crippen LogP contribution in [0.25, 0.3) is 0 Å². The monoisotopic (exact) mass is 317 g/mol. The molecule has 1 saturated heterocycles. The zero-order valence-corrected chi connectivity index (χ0v) is 13.6. The maximum absolute atomic E-state index is 10.1. The Hall–Kier alpha value is -1.92. The van der Waals surface area contributed by atoms with Crippen LogP contribution in [0.5, 0.6) is 5.75 Å². The molecule has 2 aromatic rings. The number of aliphatic hydroxyl groups excluding tert-OH is 1. The van der Waals surface area contributed by atoms with Crippen LogP contribution < -0.4 is 4.74 Å². The number of benzene rings is 1. The van der Waals surface area contributed by atoms with Gasteiger partial charge < -0.3 is 14.4 Å². The van der Waals surface area contributed by atoms with Crippen molar-refractivity contribution in [1.82, 2.24) is 15.0 Å². The van der Waals surface area contributed by atoms with Crippen molar-refractivity contribution in [2.24, 2.45) is 0 Å². The van der Waals surface area contributed by atoms with Crippen molar-refractivity contribution in [1.29, 1.82) is 0 Å². The summed E-state index contributed by atoms with van der Waals surface area (Å²) in [6, 6.07) is 8.12. The average molecular weight is 317 g/mol. The summed E-state index contributed by atoms with van der Waals surface area (Å²) in [4.78, 5) is 6.62. The predicted molar refractivity (Wildman–Crippen MR) is 85.1 cm³/mol. The first-order valence-corrected chi connectivity index (χ1v) is 8.07. The summed E-state index contributed by atoms with van der Waals surface area (Å²) in [5.74, 6) is 2.18. The van der Waals surface area contributed by atoms with E-state index in [1.807, 2.05) is 18.2 Å². The number of aryl methyl sites for hydroxylation is 1. The van der Waals surface area contributed by atoms with E-state index in [2.05, 4.69) is 28.0 Å². The van der Waals surface area contributed by atoms with Crippen LogP contribution in [-0.2, 0) is 13.0 Å². The molecule has 0 bridgehead atoms. The molecule has 0 unspecified atom stereocenters. The fourth-order valence-electron chi connectivity index (χ4n) is 3.10. The summed E-state index contributed by atoms with van der Waals surface area (Å²) in [6.45, 7) is 3.27. The van der Waals surface area contributed by atoms with Gasteiger partial charge in [0, 0.05) is 19.0 Å². The normalized spacial score (nSPS) is 21.7. The molecule has 0 spiro atoms. The lowest BCUT2D eigenvalue weighted by Crippen LogP contribution is -2.25. The van der Waals surface area contributed by atoms with E-state index < -0.39 is 0 Å². The summed E-state index contributed by atoms with van der Waals surface area (Å²) < 4.78 is 10.6. The molecule has 1 aromatic carbocycles. The first-order valence-electron chi connectivity index (χ1n) is 8.07. The van der Waals surface area contributed by atoms with E-state index in [0.29, 0.717) is 31.2 Å². The minimum absolute atomic E-state index is 0.133. The van der Waals surface area contributed by atoms with Gasteiger partial charge in [-0.3, -0.25) is 4.90 Å². The summed E-state index contributed by atoms with van der Waals surface area (Å²) in [5.41, 5.74) is 1.14. The van der Waals surface area contributed by atoms with Gasteiger partial charge in [0.1, 0.15) is 5.75 Å². The number of aliphatic hydroxyl groups is 1. The summed E-state index contributed by atoms with van der Waals surface area (Å²) in [7, 11) is 1.66. The van der Waals surface area contributed by atoms with Crippen LogP contribution in [0, 0.1) is 0 Å². The van der Waals surface area contributed by atoms with Gasteiger partial charge in [-0.25, -0.2) is 0 Å². The molecule has 3 rings (SSSR count).